The first-order chi connectivity index (χ1) is 12.5. The molecule has 0 fully saturated rings. The number of benzene rings is 1. The highest BCUT2D eigenvalue weighted by Crippen LogP contribution is 2.12. The molecule has 0 saturated heterocycles. The molecule has 0 atom stereocenters. The van der Waals surface area contributed by atoms with Gasteiger partial charge in [-0.15, -0.1) is 0 Å². The van der Waals surface area contributed by atoms with Crippen molar-refractivity contribution in [2.75, 3.05) is 26.1 Å². The molecule has 0 saturated carbocycles. The van der Waals surface area contributed by atoms with Gasteiger partial charge in [-0.05, 0) is 37.4 Å². The second-order valence-electron chi connectivity index (χ2n) is 6.15. The highest BCUT2D eigenvalue weighted by Gasteiger charge is 2.31. The first kappa shape index (κ1) is 22.3. The number of aliphatic hydroxyl groups is 2. The molecule has 1 rings (SSSR count). The fraction of sp³-hybridized carbons (Fsp3) is 0.556. The van der Waals surface area contributed by atoms with Crippen LogP contribution < -0.4 is 10.1 Å². The normalized spacial score (nSPS) is 11.2. The van der Waals surface area contributed by atoms with Gasteiger partial charge >= 0.3 is 5.97 Å². The van der Waals surface area contributed by atoms with Crippen LogP contribution in [0.3, 0.4) is 0 Å². The molecule has 0 unspecified atom stereocenters. The van der Waals surface area contributed by atoms with Crippen LogP contribution in [0, 0.1) is 0 Å². The van der Waals surface area contributed by atoms with Gasteiger partial charge in [0.15, 0.2) is 0 Å². The van der Waals surface area contributed by atoms with Crippen LogP contribution in [-0.2, 0) is 14.0 Å². The van der Waals surface area contributed by atoms with Gasteiger partial charge in [0, 0.05) is 26.5 Å². The lowest BCUT2D eigenvalue weighted by Gasteiger charge is -2.25. The van der Waals surface area contributed by atoms with Gasteiger partial charge in [-0.1, -0.05) is 18.2 Å². The zero-order chi connectivity index (χ0) is 19.3. The number of carbonyl (C=O) groups is 2. The minimum atomic E-state index is -2.46. The smallest absolute Gasteiger partial charge is 0.311 e. The van der Waals surface area contributed by atoms with Crippen molar-refractivity contribution >= 4 is 20.2 Å². The summed E-state index contributed by atoms with van der Waals surface area (Å²) in [4.78, 5) is 23.4. The minimum Gasteiger partial charge on any atom is -0.427 e. The quantitative estimate of drug-likeness (QED) is 0.205. The fourth-order valence-electron chi connectivity index (χ4n) is 2.39. The predicted molar refractivity (Wildman–Crippen MR) is 99.9 cm³/mol. The Balaban J connectivity index is 2.09. The van der Waals surface area contributed by atoms with E-state index in [2.05, 4.69) is 5.32 Å². The zero-order valence-corrected chi connectivity index (χ0v) is 16.3. The Morgan fingerprint density at radius 3 is 2.31 bits per heavy atom. The highest BCUT2D eigenvalue weighted by atomic mass is 28.4. The first-order valence-electron chi connectivity index (χ1n) is 8.84. The summed E-state index contributed by atoms with van der Waals surface area (Å²) in [6.07, 6.45) is 2.21. The Bertz CT molecular complexity index is 527. The van der Waals surface area contributed by atoms with Crippen LogP contribution in [0.4, 0.5) is 0 Å². The van der Waals surface area contributed by atoms with Crippen LogP contribution >= 0.6 is 0 Å². The second-order valence-corrected chi connectivity index (χ2v) is 10.1. The summed E-state index contributed by atoms with van der Waals surface area (Å²) in [6.45, 7) is 0.479. The van der Waals surface area contributed by atoms with Crippen LogP contribution in [-0.4, -0.2) is 56.5 Å². The van der Waals surface area contributed by atoms with Gasteiger partial charge in [0.1, 0.15) is 5.75 Å². The van der Waals surface area contributed by atoms with E-state index in [4.69, 9.17) is 9.16 Å². The molecule has 0 aromatic heterocycles. The number of aliphatic hydroxyl groups excluding tert-OH is 2. The summed E-state index contributed by atoms with van der Waals surface area (Å²) in [5.41, 5.74) is 0. The van der Waals surface area contributed by atoms with Gasteiger partial charge in [-0.25, -0.2) is 0 Å². The van der Waals surface area contributed by atoms with E-state index in [1.54, 1.807) is 24.3 Å². The number of carbonyl (C=O) groups excluding carboxylic acids is 2. The molecule has 7 nitrogen and oxygen atoms in total. The van der Waals surface area contributed by atoms with Gasteiger partial charge < -0.3 is 24.7 Å². The number of hydrogen-bond donors (Lipinski definition) is 3. The Morgan fingerprint density at radius 1 is 1.04 bits per heavy atom. The van der Waals surface area contributed by atoms with Crippen molar-refractivity contribution in [3.05, 3.63) is 30.3 Å². The summed E-state index contributed by atoms with van der Waals surface area (Å²) in [6, 6.07) is 9.48. The van der Waals surface area contributed by atoms with Gasteiger partial charge in [0.25, 0.3) is 0 Å². The van der Waals surface area contributed by atoms with Gasteiger partial charge in [-0.2, -0.15) is 0 Å². The lowest BCUT2D eigenvalue weighted by molar-refractivity contribution is -0.134. The van der Waals surface area contributed by atoms with E-state index >= 15 is 0 Å². The number of rotatable bonds is 13. The van der Waals surface area contributed by atoms with E-state index in [9.17, 15) is 19.8 Å². The standard InChI is InChI=1S/C18H29NO6Si/c1-24-26(14-20,15-21)13-7-12-19-17(22)10-5-6-11-18(23)25-16-8-3-2-4-9-16/h2-4,8-9,20-21H,5-7,10-15H2,1H3,(H,19,22). The van der Waals surface area contributed by atoms with Crippen molar-refractivity contribution in [1.29, 1.82) is 0 Å². The summed E-state index contributed by atoms with van der Waals surface area (Å²) < 4.78 is 10.4. The summed E-state index contributed by atoms with van der Waals surface area (Å²) in [7, 11) is -0.957. The third-order valence-corrected chi connectivity index (χ3v) is 7.43. The molecule has 8 heteroatoms. The molecule has 146 valence electrons. The summed E-state index contributed by atoms with van der Waals surface area (Å²) in [5, 5.41) is 21.4. The van der Waals surface area contributed by atoms with Gasteiger partial charge in [-0.3, -0.25) is 9.59 Å². The van der Waals surface area contributed by atoms with E-state index in [0.29, 0.717) is 44.0 Å². The number of para-hydroxylation sites is 1. The maximum atomic E-state index is 11.8. The van der Waals surface area contributed by atoms with E-state index in [1.165, 1.54) is 7.11 Å². The Morgan fingerprint density at radius 2 is 1.69 bits per heavy atom. The molecule has 1 aromatic carbocycles. The van der Waals surface area contributed by atoms with Crippen molar-refractivity contribution < 1.29 is 29.0 Å². The lowest BCUT2D eigenvalue weighted by atomic mass is 10.2. The van der Waals surface area contributed by atoms with Crippen LogP contribution in [0.15, 0.2) is 30.3 Å². The molecule has 26 heavy (non-hydrogen) atoms. The number of ether oxygens (including phenoxy) is 1. The first-order valence-corrected chi connectivity index (χ1v) is 11.4. The van der Waals surface area contributed by atoms with E-state index < -0.39 is 8.32 Å². The topological polar surface area (TPSA) is 105 Å². The van der Waals surface area contributed by atoms with Crippen molar-refractivity contribution in [1.82, 2.24) is 5.32 Å². The molecule has 0 aliphatic rings. The van der Waals surface area contributed by atoms with E-state index in [1.807, 2.05) is 6.07 Å². The molecular formula is C18H29NO6Si. The fourth-order valence-corrected chi connectivity index (χ4v) is 4.09. The van der Waals surface area contributed by atoms with Crippen molar-refractivity contribution in [3.8, 4) is 5.75 Å². The molecule has 0 spiro atoms. The maximum absolute atomic E-state index is 11.8. The number of hydrogen-bond acceptors (Lipinski definition) is 6. The monoisotopic (exact) mass is 383 g/mol. The number of amides is 1. The average Bonchev–Trinajstić information content (AvgIpc) is 2.67. The third kappa shape index (κ3) is 8.57. The molecule has 1 aromatic rings. The Hall–Kier alpha value is -1.74. The average molecular weight is 384 g/mol. The van der Waals surface area contributed by atoms with Crippen LogP contribution in [0.25, 0.3) is 0 Å². The molecule has 3 N–H and O–H groups in total. The van der Waals surface area contributed by atoms with Crippen molar-refractivity contribution in [3.63, 3.8) is 0 Å². The zero-order valence-electron chi connectivity index (χ0n) is 15.3. The molecule has 0 radical (unpaired) electrons. The Labute approximate surface area is 155 Å². The summed E-state index contributed by atoms with van der Waals surface area (Å²) in [5.74, 6) is 0.154. The van der Waals surface area contributed by atoms with Crippen molar-refractivity contribution in [2.24, 2.45) is 0 Å². The third-order valence-electron chi connectivity index (χ3n) is 4.15. The second kappa shape index (κ2) is 12.6. The van der Waals surface area contributed by atoms with Crippen LogP contribution in [0.5, 0.6) is 5.75 Å². The number of nitrogens with one attached hydrogen (secondary N) is 1. The van der Waals surface area contributed by atoms with E-state index in [-0.39, 0.29) is 30.8 Å². The molecule has 0 heterocycles. The molecular weight excluding hydrogens is 354 g/mol. The molecule has 0 aliphatic carbocycles. The molecule has 1 amide bonds. The van der Waals surface area contributed by atoms with Crippen LogP contribution in [0.1, 0.15) is 32.1 Å². The van der Waals surface area contributed by atoms with Gasteiger partial charge in [0.2, 0.25) is 14.2 Å². The highest BCUT2D eigenvalue weighted by molar-refractivity contribution is 6.73. The number of esters is 1. The predicted octanol–water partition coefficient (Wildman–Crippen LogP) is 1.31. The Kier molecular flexibility index (Phi) is 10.8. The molecule has 0 bridgehead atoms. The molecule has 0 aliphatic heterocycles. The summed E-state index contributed by atoms with van der Waals surface area (Å²) >= 11 is 0. The SMILES string of the molecule is CO[Si](CO)(CO)CCCNC(=O)CCCCC(=O)Oc1ccccc1. The number of unbranched alkanes of at least 4 members (excludes halogenated alkanes) is 1. The lowest BCUT2D eigenvalue weighted by Crippen LogP contribution is -2.47. The van der Waals surface area contributed by atoms with Crippen molar-refractivity contribution in [2.45, 2.75) is 38.1 Å². The maximum Gasteiger partial charge on any atom is 0.311 e. The largest absolute Gasteiger partial charge is 0.427 e. The van der Waals surface area contributed by atoms with Crippen LogP contribution in [0.2, 0.25) is 6.04 Å². The van der Waals surface area contributed by atoms with E-state index in [0.717, 1.165) is 0 Å². The minimum absolute atomic E-state index is 0.0703. The van der Waals surface area contributed by atoms with Gasteiger partial charge in [0.05, 0.1) is 12.5 Å².